The number of carbonyl (C=O) groups excluding carboxylic acids is 1. The molecule has 1 amide bonds. The summed E-state index contributed by atoms with van der Waals surface area (Å²) >= 11 is 0. The Bertz CT molecular complexity index is 836. The predicted molar refractivity (Wildman–Crippen MR) is 134 cm³/mol. The lowest BCUT2D eigenvalue weighted by molar-refractivity contribution is -0.135. The molecule has 0 saturated heterocycles. The molecule has 1 aromatic heterocycles. The Morgan fingerprint density at radius 2 is 1.91 bits per heavy atom. The van der Waals surface area contributed by atoms with Gasteiger partial charge in [-0.25, -0.2) is 0 Å². The first-order valence-electron chi connectivity index (χ1n) is 12.4. The van der Waals surface area contributed by atoms with E-state index in [9.17, 15) is 4.79 Å². The van der Waals surface area contributed by atoms with Crippen molar-refractivity contribution in [1.82, 2.24) is 25.3 Å². The van der Waals surface area contributed by atoms with Gasteiger partial charge in [-0.15, -0.1) is 0 Å². The number of amides is 1. The van der Waals surface area contributed by atoms with Crippen LogP contribution in [-0.2, 0) is 16.1 Å². The van der Waals surface area contributed by atoms with Crippen molar-refractivity contribution in [3.05, 3.63) is 47.8 Å². The standard InChI is InChI=1S/C26H41N5O3/c1-27-14-15-30(2)20-22-19-28-29-26(22)21-9-11-23(12-10-21)31(25(32)13-17-33-3)16-18-34-24-7-5-4-6-8-24/h4-8,19,21,23,27H,9-18,20H2,1-3H3,(H,28,29)/t21-,23+. The third-order valence-corrected chi connectivity index (χ3v) is 6.65. The van der Waals surface area contributed by atoms with Crippen LogP contribution in [0.4, 0.5) is 0 Å². The maximum Gasteiger partial charge on any atom is 0.225 e. The smallest absolute Gasteiger partial charge is 0.225 e. The van der Waals surface area contributed by atoms with E-state index in [1.165, 1.54) is 11.3 Å². The Kier molecular flexibility index (Phi) is 10.9. The summed E-state index contributed by atoms with van der Waals surface area (Å²) in [6, 6.07) is 10.0. The lowest BCUT2D eigenvalue weighted by atomic mass is 9.82. The van der Waals surface area contributed by atoms with Crippen molar-refractivity contribution in [3.8, 4) is 5.75 Å². The number of methoxy groups -OCH3 is 1. The third kappa shape index (κ3) is 7.82. The van der Waals surface area contributed by atoms with Crippen LogP contribution in [0.15, 0.2) is 36.5 Å². The average Bonchev–Trinajstić information content (AvgIpc) is 3.32. The molecule has 8 heteroatoms. The maximum absolute atomic E-state index is 13.0. The number of rotatable bonds is 14. The van der Waals surface area contributed by atoms with Gasteiger partial charge in [-0.05, 0) is 51.9 Å². The number of aromatic nitrogens is 2. The van der Waals surface area contributed by atoms with E-state index < -0.39 is 0 Å². The Labute approximate surface area is 204 Å². The van der Waals surface area contributed by atoms with Crippen molar-refractivity contribution in [1.29, 1.82) is 0 Å². The second-order valence-corrected chi connectivity index (χ2v) is 9.13. The number of benzene rings is 1. The van der Waals surface area contributed by atoms with E-state index in [0.717, 1.165) is 51.1 Å². The van der Waals surface area contributed by atoms with Gasteiger partial charge in [-0.1, -0.05) is 18.2 Å². The summed E-state index contributed by atoms with van der Waals surface area (Å²) in [7, 11) is 5.76. The van der Waals surface area contributed by atoms with Crippen LogP contribution in [0, 0.1) is 0 Å². The van der Waals surface area contributed by atoms with Crippen LogP contribution in [0.25, 0.3) is 0 Å². The van der Waals surface area contributed by atoms with E-state index in [1.54, 1.807) is 7.11 Å². The summed E-state index contributed by atoms with van der Waals surface area (Å²) in [6.07, 6.45) is 6.49. The molecule has 2 N–H and O–H groups in total. The molecule has 0 radical (unpaired) electrons. The quantitative estimate of drug-likeness (QED) is 0.441. The van der Waals surface area contributed by atoms with Crippen molar-refractivity contribution in [2.24, 2.45) is 0 Å². The van der Waals surface area contributed by atoms with Crippen LogP contribution in [0.5, 0.6) is 5.75 Å². The molecule has 0 aliphatic heterocycles. The number of aromatic amines is 1. The van der Waals surface area contributed by atoms with Crippen LogP contribution in [-0.4, -0.2) is 86.0 Å². The molecule has 34 heavy (non-hydrogen) atoms. The van der Waals surface area contributed by atoms with Crippen molar-refractivity contribution >= 4 is 5.91 Å². The number of nitrogens with zero attached hydrogens (tertiary/aromatic N) is 3. The summed E-state index contributed by atoms with van der Waals surface area (Å²) in [4.78, 5) is 17.3. The minimum absolute atomic E-state index is 0.147. The molecule has 0 atom stereocenters. The third-order valence-electron chi connectivity index (χ3n) is 6.65. The van der Waals surface area contributed by atoms with Gasteiger partial charge in [0.05, 0.1) is 25.3 Å². The molecule has 2 aromatic rings. The Hall–Kier alpha value is -2.42. The Morgan fingerprint density at radius 3 is 2.62 bits per heavy atom. The lowest BCUT2D eigenvalue weighted by Crippen LogP contribution is -2.44. The first-order valence-corrected chi connectivity index (χ1v) is 12.4. The van der Waals surface area contributed by atoms with Gasteiger partial charge >= 0.3 is 0 Å². The average molecular weight is 472 g/mol. The van der Waals surface area contributed by atoms with Gasteiger partial charge in [-0.3, -0.25) is 9.89 Å². The number of carbonyl (C=O) groups is 1. The molecular formula is C26H41N5O3. The molecule has 3 rings (SSSR count). The Balaban J connectivity index is 1.56. The largest absolute Gasteiger partial charge is 0.492 e. The molecule has 1 fully saturated rings. The van der Waals surface area contributed by atoms with Gasteiger partial charge < -0.3 is 24.6 Å². The highest BCUT2D eigenvalue weighted by atomic mass is 16.5. The highest BCUT2D eigenvalue weighted by Gasteiger charge is 2.31. The predicted octanol–water partition coefficient (Wildman–Crippen LogP) is 3.03. The van der Waals surface area contributed by atoms with Crippen LogP contribution >= 0.6 is 0 Å². The highest BCUT2D eigenvalue weighted by molar-refractivity contribution is 5.76. The van der Waals surface area contributed by atoms with Crippen molar-refractivity contribution < 1.29 is 14.3 Å². The van der Waals surface area contributed by atoms with Crippen LogP contribution < -0.4 is 10.1 Å². The number of hydrogen-bond acceptors (Lipinski definition) is 6. The van der Waals surface area contributed by atoms with Crippen molar-refractivity contribution in [2.45, 2.75) is 50.6 Å². The second-order valence-electron chi connectivity index (χ2n) is 9.13. The van der Waals surface area contributed by atoms with E-state index in [1.807, 2.05) is 48.5 Å². The van der Waals surface area contributed by atoms with Crippen molar-refractivity contribution in [3.63, 3.8) is 0 Å². The minimum atomic E-state index is 0.147. The molecule has 1 heterocycles. The van der Waals surface area contributed by atoms with E-state index in [4.69, 9.17) is 9.47 Å². The summed E-state index contributed by atoms with van der Waals surface area (Å²) in [5, 5.41) is 10.9. The molecule has 0 bridgehead atoms. The minimum Gasteiger partial charge on any atom is -0.492 e. The summed E-state index contributed by atoms with van der Waals surface area (Å²) in [5.74, 6) is 1.42. The Morgan fingerprint density at radius 1 is 1.15 bits per heavy atom. The van der Waals surface area contributed by atoms with Crippen LogP contribution in [0.1, 0.15) is 49.3 Å². The number of para-hydroxylation sites is 1. The van der Waals surface area contributed by atoms with Gasteiger partial charge in [0.2, 0.25) is 5.91 Å². The maximum atomic E-state index is 13.0. The summed E-state index contributed by atoms with van der Waals surface area (Å²) in [5.41, 5.74) is 2.48. The van der Waals surface area contributed by atoms with Gasteiger partial charge in [0.25, 0.3) is 0 Å². The zero-order valence-corrected chi connectivity index (χ0v) is 21.0. The summed E-state index contributed by atoms with van der Waals surface area (Å²) < 4.78 is 11.1. The SMILES string of the molecule is CNCCN(C)Cc1c[nH]nc1[C@H]1CC[C@@H](N(CCOc2ccccc2)C(=O)CCOC)CC1. The van der Waals surface area contributed by atoms with E-state index in [2.05, 4.69) is 27.5 Å². The molecule has 1 aliphatic rings. The molecule has 1 saturated carbocycles. The van der Waals surface area contributed by atoms with Gasteiger partial charge in [0.1, 0.15) is 12.4 Å². The molecule has 188 valence electrons. The first kappa shape index (κ1) is 26.2. The zero-order valence-electron chi connectivity index (χ0n) is 21.0. The molecule has 1 aliphatic carbocycles. The van der Waals surface area contributed by atoms with Gasteiger partial charge in [0.15, 0.2) is 0 Å². The fourth-order valence-electron chi connectivity index (χ4n) is 4.76. The fraction of sp³-hybridized carbons (Fsp3) is 0.615. The van der Waals surface area contributed by atoms with E-state index in [-0.39, 0.29) is 11.9 Å². The molecular weight excluding hydrogens is 430 g/mol. The van der Waals surface area contributed by atoms with Crippen LogP contribution in [0.2, 0.25) is 0 Å². The highest BCUT2D eigenvalue weighted by Crippen LogP contribution is 2.35. The fourth-order valence-corrected chi connectivity index (χ4v) is 4.76. The summed E-state index contributed by atoms with van der Waals surface area (Å²) in [6.45, 7) is 4.39. The monoisotopic (exact) mass is 471 g/mol. The molecule has 0 unspecified atom stereocenters. The molecule has 0 spiro atoms. The topological polar surface area (TPSA) is 82.7 Å². The van der Waals surface area contributed by atoms with Gasteiger partial charge in [-0.2, -0.15) is 5.10 Å². The molecule has 1 aromatic carbocycles. The zero-order chi connectivity index (χ0) is 24.2. The van der Waals surface area contributed by atoms with Crippen molar-refractivity contribution in [2.75, 3.05) is 54.1 Å². The second kappa shape index (κ2) is 14.1. The number of likely N-dealkylation sites (N-methyl/N-ethyl adjacent to an activating group) is 2. The van der Waals surface area contributed by atoms with E-state index in [0.29, 0.717) is 32.1 Å². The first-order chi connectivity index (χ1) is 16.6. The number of ether oxygens (including phenoxy) is 2. The van der Waals surface area contributed by atoms with Crippen LogP contribution in [0.3, 0.4) is 0 Å². The van der Waals surface area contributed by atoms with E-state index >= 15 is 0 Å². The molecule has 8 nitrogen and oxygen atoms in total. The number of nitrogens with one attached hydrogen (secondary N) is 2. The lowest BCUT2D eigenvalue weighted by Gasteiger charge is -2.37. The number of H-pyrrole nitrogens is 1. The van der Waals surface area contributed by atoms with Gasteiger partial charge in [0, 0.05) is 50.5 Å². The number of hydrogen-bond donors (Lipinski definition) is 2. The normalized spacial score (nSPS) is 18.2.